The third kappa shape index (κ3) is 4.68. The topological polar surface area (TPSA) is 124 Å². The van der Waals surface area contributed by atoms with E-state index in [1.165, 1.54) is 6.26 Å². The first-order valence-corrected chi connectivity index (χ1v) is 11.8. The van der Waals surface area contributed by atoms with Gasteiger partial charge in [-0.1, -0.05) is 37.3 Å². The van der Waals surface area contributed by atoms with Crippen LogP contribution in [0.2, 0.25) is 0 Å². The third-order valence-corrected chi connectivity index (χ3v) is 6.34. The first kappa shape index (κ1) is 22.5. The zero-order valence-corrected chi connectivity index (χ0v) is 19.4. The van der Waals surface area contributed by atoms with Crippen molar-refractivity contribution in [3.8, 4) is 29.0 Å². The van der Waals surface area contributed by atoms with Crippen molar-refractivity contribution in [2.45, 2.75) is 32.2 Å². The van der Waals surface area contributed by atoms with Gasteiger partial charge >= 0.3 is 0 Å². The number of aromatic amines is 1. The molecule has 0 radical (unpaired) electrons. The van der Waals surface area contributed by atoms with E-state index in [9.17, 15) is 10.1 Å². The number of nitrogens with one attached hydrogen (secondary N) is 2. The Kier molecular flexibility index (Phi) is 6.35. The van der Waals surface area contributed by atoms with Gasteiger partial charge in [0.1, 0.15) is 11.9 Å². The van der Waals surface area contributed by atoms with Crippen LogP contribution in [0.4, 0.5) is 5.88 Å². The number of anilines is 1. The summed E-state index contributed by atoms with van der Waals surface area (Å²) in [5.41, 5.74) is 2.20. The van der Waals surface area contributed by atoms with E-state index < -0.39 is 0 Å². The van der Waals surface area contributed by atoms with Gasteiger partial charge in [-0.15, -0.1) is 0 Å². The van der Waals surface area contributed by atoms with Crippen LogP contribution < -0.4 is 10.2 Å². The lowest BCUT2D eigenvalue weighted by molar-refractivity contribution is -0.126. The molecule has 1 atom stereocenters. The standard InChI is InChI=1S/C26H26N6O3/c1-2-19(23-28-16-21(29-23)17-7-4-3-5-8-17)30-24(33)18-10-12-32(13-11-18)26-20(15-27)31-25(35-26)22-9-6-14-34-22/h3-9,14,16,18-19H,2,10-13H2,1H3,(H,28,29)(H,30,33). The van der Waals surface area contributed by atoms with Crippen molar-refractivity contribution in [2.24, 2.45) is 5.92 Å². The molecule has 1 saturated heterocycles. The van der Waals surface area contributed by atoms with E-state index in [4.69, 9.17) is 8.83 Å². The molecule has 0 aliphatic carbocycles. The van der Waals surface area contributed by atoms with Gasteiger partial charge in [0.25, 0.3) is 5.89 Å². The lowest BCUT2D eigenvalue weighted by atomic mass is 9.95. The molecular weight excluding hydrogens is 444 g/mol. The molecule has 4 heterocycles. The van der Waals surface area contributed by atoms with Crippen LogP contribution in [0, 0.1) is 17.2 Å². The third-order valence-electron chi connectivity index (χ3n) is 6.34. The molecule has 3 aromatic heterocycles. The smallest absolute Gasteiger partial charge is 0.266 e. The number of nitrogens with zero attached hydrogens (tertiary/aromatic N) is 4. The van der Waals surface area contributed by atoms with E-state index in [-0.39, 0.29) is 29.5 Å². The molecule has 9 heteroatoms. The van der Waals surface area contributed by atoms with Gasteiger partial charge in [-0.25, -0.2) is 4.98 Å². The maximum absolute atomic E-state index is 13.1. The normalized spacial score (nSPS) is 15.0. The van der Waals surface area contributed by atoms with Crippen molar-refractivity contribution >= 4 is 11.8 Å². The average Bonchev–Trinajstić information content (AvgIpc) is 3.68. The van der Waals surface area contributed by atoms with Crippen LogP contribution in [-0.2, 0) is 4.79 Å². The van der Waals surface area contributed by atoms with E-state index in [1.807, 2.05) is 42.2 Å². The number of hydrogen-bond acceptors (Lipinski definition) is 7. The number of oxazole rings is 1. The van der Waals surface area contributed by atoms with Gasteiger partial charge in [0, 0.05) is 19.0 Å². The summed E-state index contributed by atoms with van der Waals surface area (Å²) in [7, 11) is 0. The first-order valence-electron chi connectivity index (χ1n) is 11.8. The fourth-order valence-electron chi connectivity index (χ4n) is 4.38. The summed E-state index contributed by atoms with van der Waals surface area (Å²) >= 11 is 0. The highest BCUT2D eigenvalue weighted by Gasteiger charge is 2.30. The lowest BCUT2D eigenvalue weighted by Crippen LogP contribution is -2.41. The Morgan fingerprint density at radius 1 is 1.26 bits per heavy atom. The molecule has 1 fully saturated rings. The Labute approximate surface area is 202 Å². The number of carbonyl (C=O) groups excluding carboxylic acids is 1. The Morgan fingerprint density at radius 3 is 2.74 bits per heavy atom. The molecule has 5 rings (SSSR count). The number of nitriles is 1. The summed E-state index contributed by atoms with van der Waals surface area (Å²) in [5, 5.41) is 12.7. The van der Waals surface area contributed by atoms with Crippen LogP contribution >= 0.6 is 0 Å². The molecule has 2 N–H and O–H groups in total. The van der Waals surface area contributed by atoms with E-state index in [0.717, 1.165) is 23.5 Å². The number of hydrogen-bond donors (Lipinski definition) is 2. The number of piperidine rings is 1. The number of imidazole rings is 1. The molecule has 0 saturated carbocycles. The second kappa shape index (κ2) is 9.89. The second-order valence-electron chi connectivity index (χ2n) is 8.54. The van der Waals surface area contributed by atoms with Crippen molar-refractivity contribution < 1.29 is 13.6 Å². The van der Waals surface area contributed by atoms with Crippen molar-refractivity contribution in [1.29, 1.82) is 5.26 Å². The zero-order valence-electron chi connectivity index (χ0n) is 19.4. The highest BCUT2D eigenvalue weighted by Crippen LogP contribution is 2.31. The highest BCUT2D eigenvalue weighted by atomic mass is 16.4. The van der Waals surface area contributed by atoms with Gasteiger partial charge in [-0.05, 0) is 37.0 Å². The van der Waals surface area contributed by atoms with Crippen LogP contribution in [0.25, 0.3) is 22.9 Å². The monoisotopic (exact) mass is 470 g/mol. The lowest BCUT2D eigenvalue weighted by Gasteiger charge is -2.31. The number of carbonyl (C=O) groups is 1. The maximum atomic E-state index is 13.1. The molecule has 1 aliphatic rings. The van der Waals surface area contributed by atoms with E-state index in [0.29, 0.717) is 37.6 Å². The Bertz CT molecular complexity index is 1310. The summed E-state index contributed by atoms with van der Waals surface area (Å²) in [5.74, 6) is 1.82. The van der Waals surface area contributed by atoms with Gasteiger partial charge in [0.15, 0.2) is 5.76 Å². The Morgan fingerprint density at radius 2 is 2.06 bits per heavy atom. The van der Waals surface area contributed by atoms with Crippen molar-refractivity contribution in [1.82, 2.24) is 20.3 Å². The zero-order chi connectivity index (χ0) is 24.2. The Hall–Kier alpha value is -4.32. The van der Waals surface area contributed by atoms with Crippen molar-refractivity contribution in [3.63, 3.8) is 0 Å². The largest absolute Gasteiger partial charge is 0.459 e. The van der Waals surface area contributed by atoms with E-state index in [1.54, 1.807) is 18.3 Å². The summed E-state index contributed by atoms with van der Waals surface area (Å²) in [4.78, 5) is 27.2. The molecule has 1 aromatic carbocycles. The molecule has 35 heavy (non-hydrogen) atoms. The van der Waals surface area contributed by atoms with E-state index in [2.05, 4.69) is 26.3 Å². The molecular formula is C26H26N6O3. The number of rotatable bonds is 7. The molecule has 1 unspecified atom stereocenters. The van der Waals surface area contributed by atoms with Gasteiger partial charge < -0.3 is 24.0 Å². The molecule has 178 valence electrons. The summed E-state index contributed by atoms with van der Waals surface area (Å²) in [6.07, 6.45) is 5.36. The van der Waals surface area contributed by atoms with Crippen LogP contribution in [-0.4, -0.2) is 33.9 Å². The molecule has 0 spiro atoms. The van der Waals surface area contributed by atoms with Crippen LogP contribution in [0.1, 0.15) is 43.7 Å². The second-order valence-corrected chi connectivity index (χ2v) is 8.54. The number of benzene rings is 1. The number of aromatic nitrogens is 3. The number of H-pyrrole nitrogens is 1. The van der Waals surface area contributed by atoms with Gasteiger partial charge in [-0.2, -0.15) is 10.2 Å². The summed E-state index contributed by atoms with van der Waals surface area (Å²) < 4.78 is 11.2. The quantitative estimate of drug-likeness (QED) is 0.402. The maximum Gasteiger partial charge on any atom is 0.266 e. The number of amides is 1. The molecule has 0 bridgehead atoms. The molecule has 9 nitrogen and oxygen atoms in total. The van der Waals surface area contributed by atoms with Crippen molar-refractivity contribution in [2.75, 3.05) is 18.0 Å². The fraction of sp³-hybridized carbons (Fsp3) is 0.308. The minimum absolute atomic E-state index is 0.0171. The molecule has 1 amide bonds. The summed E-state index contributed by atoms with van der Waals surface area (Å²) in [6, 6.07) is 15.4. The average molecular weight is 471 g/mol. The summed E-state index contributed by atoms with van der Waals surface area (Å²) in [6.45, 7) is 3.21. The van der Waals surface area contributed by atoms with Crippen LogP contribution in [0.15, 0.2) is 63.8 Å². The first-order chi connectivity index (χ1) is 17.2. The number of furan rings is 1. The predicted octanol–water partition coefficient (Wildman–Crippen LogP) is 4.68. The van der Waals surface area contributed by atoms with Gasteiger partial charge in [0.05, 0.1) is 24.2 Å². The van der Waals surface area contributed by atoms with E-state index >= 15 is 0 Å². The predicted molar refractivity (Wildman–Crippen MR) is 129 cm³/mol. The van der Waals surface area contributed by atoms with Crippen LogP contribution in [0.3, 0.4) is 0 Å². The van der Waals surface area contributed by atoms with Crippen molar-refractivity contribution in [3.05, 3.63) is 66.4 Å². The minimum atomic E-state index is -0.187. The molecule has 1 aliphatic heterocycles. The highest BCUT2D eigenvalue weighted by molar-refractivity contribution is 5.79. The van der Waals surface area contributed by atoms with Crippen LogP contribution in [0.5, 0.6) is 0 Å². The minimum Gasteiger partial charge on any atom is -0.459 e. The van der Waals surface area contributed by atoms with Gasteiger partial charge in [0.2, 0.25) is 17.5 Å². The fourth-order valence-corrected chi connectivity index (χ4v) is 4.38. The van der Waals surface area contributed by atoms with Gasteiger partial charge in [-0.3, -0.25) is 4.79 Å². The SMILES string of the molecule is CCC(NC(=O)C1CCN(c2oc(-c3ccco3)nc2C#N)CC1)c1ncc(-c2ccccc2)[nH]1. The Balaban J connectivity index is 1.21. The molecule has 4 aromatic rings.